The number of ether oxygens (including phenoxy) is 2. The molecule has 2 heterocycles. The summed E-state index contributed by atoms with van der Waals surface area (Å²) in [5, 5.41) is 4.49. The standard InChI is InChI=1S/C36H21F4NO4P2/c37-21-1-13-29-33(17-21)46(42,34-18-22(38)2-14-30(34)44-29)27-9-5-25(6-10-27)41-26-7-11-28(12-8-26)47(43)35-19-23(39)3-15-31(35)45-32-16-4-24(40)20-36(32)47/h1-20,41H. The van der Waals surface area contributed by atoms with Gasteiger partial charge in [0, 0.05) is 22.0 Å². The first-order valence-electron chi connectivity index (χ1n) is 14.4. The fourth-order valence-electron chi connectivity index (χ4n) is 6.02. The van der Waals surface area contributed by atoms with E-state index >= 15 is 0 Å². The van der Waals surface area contributed by atoms with Crippen molar-refractivity contribution in [2.45, 2.75) is 0 Å². The summed E-state index contributed by atoms with van der Waals surface area (Å²) in [4.78, 5) is 0. The molecule has 11 heteroatoms. The highest BCUT2D eigenvalue weighted by molar-refractivity contribution is 7.86. The molecule has 0 saturated heterocycles. The zero-order chi connectivity index (χ0) is 32.5. The Morgan fingerprint density at radius 1 is 0.404 bits per heavy atom. The van der Waals surface area contributed by atoms with Crippen LogP contribution >= 0.6 is 14.3 Å². The van der Waals surface area contributed by atoms with Crippen molar-refractivity contribution in [3.8, 4) is 23.0 Å². The number of fused-ring (bicyclic) bond motifs is 4. The summed E-state index contributed by atoms with van der Waals surface area (Å²) >= 11 is 0. The fourth-order valence-corrected chi connectivity index (χ4v) is 11.7. The van der Waals surface area contributed by atoms with E-state index in [4.69, 9.17) is 9.47 Å². The van der Waals surface area contributed by atoms with E-state index in [0.717, 1.165) is 24.3 Å². The van der Waals surface area contributed by atoms with E-state index in [1.165, 1.54) is 48.5 Å². The van der Waals surface area contributed by atoms with Crippen LogP contribution in [0, 0.1) is 23.3 Å². The maximum Gasteiger partial charge on any atom is 0.178 e. The number of halogens is 4. The monoisotopic (exact) mass is 669 g/mol. The first kappa shape index (κ1) is 29.3. The Morgan fingerprint density at radius 2 is 0.681 bits per heavy atom. The molecular formula is C36H21F4NO4P2. The third-order valence-corrected chi connectivity index (χ3v) is 14.4. The molecule has 2 aliphatic heterocycles. The van der Waals surface area contributed by atoms with Gasteiger partial charge in [0.25, 0.3) is 0 Å². The van der Waals surface area contributed by atoms with E-state index in [1.807, 2.05) is 0 Å². The molecule has 0 aliphatic carbocycles. The Balaban J connectivity index is 1.13. The molecule has 6 aromatic rings. The van der Waals surface area contributed by atoms with Crippen LogP contribution in [0.3, 0.4) is 0 Å². The Bertz CT molecular complexity index is 2070. The molecule has 0 unspecified atom stereocenters. The van der Waals surface area contributed by atoms with Crippen molar-refractivity contribution in [2.75, 3.05) is 5.32 Å². The van der Waals surface area contributed by atoms with Crippen molar-refractivity contribution in [1.82, 2.24) is 0 Å². The summed E-state index contributed by atoms with van der Waals surface area (Å²) in [5.41, 5.74) is 1.22. The molecule has 0 aromatic heterocycles. The Morgan fingerprint density at radius 3 is 0.957 bits per heavy atom. The summed E-state index contributed by atoms with van der Waals surface area (Å²) in [5.74, 6) is -1.46. The van der Waals surface area contributed by atoms with Crippen molar-refractivity contribution in [3.63, 3.8) is 0 Å². The van der Waals surface area contributed by atoms with Gasteiger partial charge in [-0.2, -0.15) is 0 Å². The predicted octanol–water partition coefficient (Wildman–Crippen LogP) is 7.48. The van der Waals surface area contributed by atoms with Crippen molar-refractivity contribution in [1.29, 1.82) is 0 Å². The van der Waals surface area contributed by atoms with Gasteiger partial charge in [-0.3, -0.25) is 0 Å². The Labute approximate surface area is 266 Å². The second kappa shape index (κ2) is 10.7. The second-order valence-electron chi connectivity index (χ2n) is 11.1. The quantitative estimate of drug-likeness (QED) is 0.156. The van der Waals surface area contributed by atoms with Gasteiger partial charge < -0.3 is 23.9 Å². The van der Waals surface area contributed by atoms with Gasteiger partial charge in [-0.25, -0.2) is 17.6 Å². The van der Waals surface area contributed by atoms with E-state index in [0.29, 0.717) is 22.0 Å². The molecule has 1 N–H and O–H groups in total. The van der Waals surface area contributed by atoms with Crippen LogP contribution in [0.2, 0.25) is 0 Å². The van der Waals surface area contributed by atoms with Gasteiger partial charge >= 0.3 is 0 Å². The normalized spacial score (nSPS) is 14.8. The van der Waals surface area contributed by atoms with Crippen LogP contribution in [0.5, 0.6) is 23.0 Å². The van der Waals surface area contributed by atoms with E-state index in [2.05, 4.69) is 5.32 Å². The average molecular weight is 670 g/mol. The predicted molar refractivity (Wildman–Crippen MR) is 175 cm³/mol. The van der Waals surface area contributed by atoms with Gasteiger partial charge in [0.05, 0.1) is 21.2 Å². The van der Waals surface area contributed by atoms with Gasteiger partial charge in [-0.15, -0.1) is 0 Å². The molecule has 5 nitrogen and oxygen atoms in total. The minimum atomic E-state index is -3.72. The number of rotatable bonds is 4. The summed E-state index contributed by atoms with van der Waals surface area (Å²) in [6.45, 7) is 0. The minimum absolute atomic E-state index is 0.137. The zero-order valence-corrected chi connectivity index (χ0v) is 25.9. The highest BCUT2D eigenvalue weighted by Crippen LogP contribution is 2.53. The van der Waals surface area contributed by atoms with Crippen LogP contribution in [0.25, 0.3) is 0 Å². The van der Waals surface area contributed by atoms with Gasteiger partial charge in [0.1, 0.15) is 46.3 Å². The van der Waals surface area contributed by atoms with Gasteiger partial charge in [0.2, 0.25) is 0 Å². The Hall–Kier alpha value is -5.10. The molecule has 6 aromatic carbocycles. The second-order valence-corrected chi connectivity index (χ2v) is 16.5. The van der Waals surface area contributed by atoms with Crippen LogP contribution in [-0.4, -0.2) is 0 Å². The van der Waals surface area contributed by atoms with E-state index in [9.17, 15) is 26.7 Å². The lowest BCUT2D eigenvalue weighted by Gasteiger charge is -2.29. The topological polar surface area (TPSA) is 64.6 Å². The van der Waals surface area contributed by atoms with Crippen LogP contribution in [0.4, 0.5) is 28.9 Å². The van der Waals surface area contributed by atoms with Gasteiger partial charge in [0.15, 0.2) is 14.3 Å². The Kier molecular flexibility index (Phi) is 6.69. The smallest absolute Gasteiger partial charge is 0.178 e. The number of hydrogen-bond donors (Lipinski definition) is 1. The van der Waals surface area contributed by atoms with E-state index in [-0.39, 0.29) is 44.2 Å². The first-order chi connectivity index (χ1) is 22.6. The number of hydrogen-bond acceptors (Lipinski definition) is 5. The lowest BCUT2D eigenvalue weighted by molar-refractivity contribution is 0.481. The molecule has 0 bridgehead atoms. The number of nitrogens with one attached hydrogen (secondary N) is 1. The van der Waals surface area contributed by atoms with E-state index in [1.54, 1.807) is 48.5 Å². The molecule has 0 spiro atoms. The third-order valence-electron chi connectivity index (χ3n) is 8.23. The minimum Gasteiger partial charge on any atom is -0.456 e. The van der Waals surface area contributed by atoms with Gasteiger partial charge in [-0.1, -0.05) is 0 Å². The maximum atomic E-state index is 14.8. The summed E-state index contributed by atoms with van der Waals surface area (Å²) in [7, 11) is -7.44. The molecule has 0 amide bonds. The lowest BCUT2D eigenvalue weighted by atomic mass is 10.2. The number of anilines is 2. The lowest BCUT2D eigenvalue weighted by Crippen LogP contribution is -2.31. The summed E-state index contributed by atoms with van der Waals surface area (Å²) in [6.07, 6.45) is 0. The van der Waals surface area contributed by atoms with Crippen LogP contribution in [0.1, 0.15) is 0 Å². The molecule has 8 rings (SSSR count). The molecule has 232 valence electrons. The molecule has 2 aliphatic rings. The molecular weight excluding hydrogens is 648 g/mol. The SMILES string of the molecule is O=P1(c2ccc(Nc3ccc(P4(=O)c5cc(F)ccc5Oc5ccc(F)cc54)cc3)cc2)c2cc(F)ccc2Oc2ccc(F)cc21. The molecule has 0 radical (unpaired) electrons. The molecule has 0 atom stereocenters. The largest absolute Gasteiger partial charge is 0.456 e. The van der Waals surface area contributed by atoms with Crippen LogP contribution in [0.15, 0.2) is 121 Å². The van der Waals surface area contributed by atoms with Crippen molar-refractivity contribution < 1.29 is 36.2 Å². The summed E-state index contributed by atoms with van der Waals surface area (Å²) < 4.78 is 98.6. The zero-order valence-electron chi connectivity index (χ0n) is 24.1. The van der Waals surface area contributed by atoms with Crippen molar-refractivity contribution >= 4 is 57.5 Å². The van der Waals surface area contributed by atoms with Crippen LogP contribution in [-0.2, 0) is 9.13 Å². The first-order valence-corrected chi connectivity index (χ1v) is 17.8. The van der Waals surface area contributed by atoms with Gasteiger partial charge in [-0.05, 0) is 121 Å². The maximum absolute atomic E-state index is 14.8. The summed E-state index contributed by atoms with van der Waals surface area (Å²) in [6, 6.07) is 28.3. The number of benzene rings is 6. The highest BCUT2D eigenvalue weighted by Gasteiger charge is 2.41. The highest BCUT2D eigenvalue weighted by atomic mass is 31.2. The van der Waals surface area contributed by atoms with Crippen molar-refractivity contribution in [3.05, 3.63) is 145 Å². The average Bonchev–Trinajstić information content (AvgIpc) is 3.07. The molecule has 0 saturated carbocycles. The van der Waals surface area contributed by atoms with Crippen LogP contribution < -0.4 is 46.6 Å². The molecule has 47 heavy (non-hydrogen) atoms. The fraction of sp³-hybridized carbons (Fsp3) is 0. The molecule has 0 fully saturated rings. The third kappa shape index (κ3) is 4.69. The van der Waals surface area contributed by atoms with E-state index < -0.39 is 37.6 Å². The van der Waals surface area contributed by atoms with Crippen molar-refractivity contribution in [2.24, 2.45) is 0 Å².